The van der Waals surface area contributed by atoms with Crippen LogP contribution in [0.1, 0.15) is 32.6 Å². The number of hydrogen-bond acceptors (Lipinski definition) is 3. The first-order valence-corrected chi connectivity index (χ1v) is 5.42. The quantitative estimate of drug-likeness (QED) is 0.653. The van der Waals surface area contributed by atoms with E-state index in [9.17, 15) is 9.90 Å². The molecular formula is C12H15NO2. The number of ketones is 1. The molecule has 1 saturated carbocycles. The Bertz CT molecular complexity index is 366. The second-order valence-corrected chi connectivity index (χ2v) is 4.81. The number of nitriles is 1. The first-order valence-electron chi connectivity index (χ1n) is 5.42. The molecule has 0 aromatic heterocycles. The minimum Gasteiger partial charge on any atom is -0.392 e. The lowest BCUT2D eigenvalue weighted by molar-refractivity contribution is -0.120. The number of nitrogens with zero attached hydrogens (tertiary/aromatic N) is 1. The van der Waals surface area contributed by atoms with Crippen LogP contribution in [-0.4, -0.2) is 17.0 Å². The Balaban J connectivity index is 2.41. The molecule has 1 N–H and O–H groups in total. The summed E-state index contributed by atoms with van der Waals surface area (Å²) >= 11 is 0. The molecule has 0 aromatic carbocycles. The van der Waals surface area contributed by atoms with Gasteiger partial charge in [0.1, 0.15) is 6.07 Å². The summed E-state index contributed by atoms with van der Waals surface area (Å²) < 4.78 is 0. The number of rotatable bonds is 0. The van der Waals surface area contributed by atoms with Gasteiger partial charge in [0, 0.05) is 11.8 Å². The van der Waals surface area contributed by atoms with Crippen molar-refractivity contribution in [3.05, 3.63) is 11.6 Å². The molecule has 3 nitrogen and oxygen atoms in total. The number of hydrogen-bond donors (Lipinski definition) is 1. The Morgan fingerprint density at radius 1 is 1.60 bits per heavy atom. The highest BCUT2D eigenvalue weighted by Crippen LogP contribution is 2.47. The van der Waals surface area contributed by atoms with E-state index in [-0.39, 0.29) is 22.7 Å². The van der Waals surface area contributed by atoms with E-state index in [4.69, 9.17) is 5.26 Å². The molecule has 3 heteroatoms. The van der Waals surface area contributed by atoms with Crippen LogP contribution in [0.5, 0.6) is 0 Å². The topological polar surface area (TPSA) is 61.1 Å². The third-order valence-electron chi connectivity index (χ3n) is 3.94. The summed E-state index contributed by atoms with van der Waals surface area (Å²) in [7, 11) is 0. The van der Waals surface area contributed by atoms with Gasteiger partial charge >= 0.3 is 0 Å². The van der Waals surface area contributed by atoms with Crippen LogP contribution in [0.2, 0.25) is 0 Å². The summed E-state index contributed by atoms with van der Waals surface area (Å²) in [6, 6.07) is 1.93. The summed E-state index contributed by atoms with van der Waals surface area (Å²) in [5, 5.41) is 18.8. The van der Waals surface area contributed by atoms with Crippen molar-refractivity contribution in [3.8, 4) is 6.07 Å². The number of fused-ring (bicyclic) bond motifs is 1. The highest BCUT2D eigenvalue weighted by atomic mass is 16.3. The van der Waals surface area contributed by atoms with Crippen molar-refractivity contribution in [2.45, 2.75) is 38.7 Å². The van der Waals surface area contributed by atoms with E-state index >= 15 is 0 Å². The molecule has 3 atom stereocenters. The monoisotopic (exact) mass is 205 g/mol. The van der Waals surface area contributed by atoms with Crippen LogP contribution < -0.4 is 0 Å². The van der Waals surface area contributed by atoms with Gasteiger partial charge in [-0.1, -0.05) is 19.4 Å². The molecule has 15 heavy (non-hydrogen) atoms. The zero-order chi connectivity index (χ0) is 11.1. The average Bonchev–Trinajstić information content (AvgIpc) is 2.21. The highest BCUT2D eigenvalue weighted by molar-refractivity contribution is 6.00. The van der Waals surface area contributed by atoms with Crippen molar-refractivity contribution < 1.29 is 9.90 Å². The summed E-state index contributed by atoms with van der Waals surface area (Å²) in [6.07, 6.45) is 4.45. The third-order valence-corrected chi connectivity index (χ3v) is 3.94. The summed E-state index contributed by atoms with van der Waals surface area (Å²) in [5.41, 5.74) is -0.133. The van der Waals surface area contributed by atoms with Crippen LogP contribution in [0.3, 0.4) is 0 Å². The maximum atomic E-state index is 11.6. The lowest BCUT2D eigenvalue weighted by Crippen LogP contribution is -2.44. The van der Waals surface area contributed by atoms with Crippen molar-refractivity contribution in [1.82, 2.24) is 0 Å². The Morgan fingerprint density at radius 3 is 3.00 bits per heavy atom. The molecule has 0 saturated heterocycles. The maximum Gasteiger partial charge on any atom is 0.173 e. The SMILES string of the molecule is C[C@]12C=C(C#N)C(=O)C[C@@H]1CCC[C@@H]2O. The Hall–Kier alpha value is -1.14. The van der Waals surface area contributed by atoms with Crippen molar-refractivity contribution in [1.29, 1.82) is 5.26 Å². The fraction of sp³-hybridized carbons (Fsp3) is 0.667. The number of carbonyl (C=O) groups excluding carboxylic acids is 1. The molecule has 80 valence electrons. The van der Waals surface area contributed by atoms with Gasteiger partial charge in [0.05, 0.1) is 11.7 Å². The lowest BCUT2D eigenvalue weighted by Gasteiger charge is -2.45. The second-order valence-electron chi connectivity index (χ2n) is 4.81. The molecule has 0 aromatic rings. The summed E-state index contributed by atoms with van der Waals surface area (Å²) in [5.74, 6) is 0.153. The minimum atomic E-state index is -0.410. The number of aliphatic hydroxyl groups excluding tert-OH is 1. The van der Waals surface area contributed by atoms with Crippen LogP contribution in [0.15, 0.2) is 11.6 Å². The second kappa shape index (κ2) is 3.46. The zero-order valence-electron chi connectivity index (χ0n) is 8.86. The summed E-state index contributed by atoms with van der Waals surface area (Å²) in [6.45, 7) is 1.96. The molecule has 0 amide bonds. The molecule has 2 rings (SSSR count). The first-order chi connectivity index (χ1) is 7.08. The van der Waals surface area contributed by atoms with Gasteiger partial charge in [-0.25, -0.2) is 0 Å². The van der Waals surface area contributed by atoms with E-state index in [1.165, 1.54) is 0 Å². The van der Waals surface area contributed by atoms with Gasteiger partial charge in [-0.2, -0.15) is 5.26 Å². The number of allylic oxidation sites excluding steroid dienone is 1. The van der Waals surface area contributed by atoms with Gasteiger partial charge in [-0.3, -0.25) is 4.79 Å². The smallest absolute Gasteiger partial charge is 0.173 e. The average molecular weight is 205 g/mol. The van der Waals surface area contributed by atoms with Crippen molar-refractivity contribution in [2.75, 3.05) is 0 Å². The van der Waals surface area contributed by atoms with Gasteiger partial charge in [-0.15, -0.1) is 0 Å². The van der Waals surface area contributed by atoms with Crippen molar-refractivity contribution in [2.24, 2.45) is 11.3 Å². The van der Waals surface area contributed by atoms with Gasteiger partial charge in [0.2, 0.25) is 0 Å². The van der Waals surface area contributed by atoms with Gasteiger partial charge in [-0.05, 0) is 18.8 Å². The van der Waals surface area contributed by atoms with E-state index in [0.29, 0.717) is 6.42 Å². The van der Waals surface area contributed by atoms with E-state index in [0.717, 1.165) is 19.3 Å². The summed E-state index contributed by atoms with van der Waals surface area (Å²) in [4.78, 5) is 11.6. The Kier molecular flexibility index (Phi) is 2.40. The molecule has 1 fully saturated rings. The zero-order valence-corrected chi connectivity index (χ0v) is 8.86. The maximum absolute atomic E-state index is 11.6. The standard InChI is InChI=1S/C12H15NO2/c1-12-6-8(7-13)10(14)5-9(12)3-2-4-11(12)15/h6,9,11,15H,2-5H2,1H3/t9-,11-,12-/m0/s1. The van der Waals surface area contributed by atoms with Crippen LogP contribution in [-0.2, 0) is 4.79 Å². The fourth-order valence-electron chi connectivity index (χ4n) is 2.81. The molecule has 0 radical (unpaired) electrons. The van der Waals surface area contributed by atoms with E-state index in [1.807, 2.05) is 13.0 Å². The number of aliphatic hydroxyl groups is 1. The number of carbonyl (C=O) groups is 1. The molecule has 2 aliphatic carbocycles. The third kappa shape index (κ3) is 1.49. The largest absolute Gasteiger partial charge is 0.392 e. The van der Waals surface area contributed by atoms with Crippen LogP contribution >= 0.6 is 0 Å². The molecular weight excluding hydrogens is 190 g/mol. The molecule has 2 aliphatic rings. The van der Waals surface area contributed by atoms with Gasteiger partial charge < -0.3 is 5.11 Å². The van der Waals surface area contributed by atoms with Crippen LogP contribution in [0, 0.1) is 22.7 Å². The van der Waals surface area contributed by atoms with Gasteiger partial charge in [0.15, 0.2) is 5.78 Å². The Morgan fingerprint density at radius 2 is 2.33 bits per heavy atom. The highest BCUT2D eigenvalue weighted by Gasteiger charge is 2.45. The van der Waals surface area contributed by atoms with Crippen LogP contribution in [0.25, 0.3) is 0 Å². The van der Waals surface area contributed by atoms with E-state index in [2.05, 4.69) is 0 Å². The minimum absolute atomic E-state index is 0.0610. The lowest BCUT2D eigenvalue weighted by atomic mass is 9.60. The van der Waals surface area contributed by atoms with E-state index < -0.39 is 6.10 Å². The normalized spacial score (nSPS) is 40.3. The molecule has 0 aliphatic heterocycles. The predicted molar refractivity (Wildman–Crippen MR) is 54.8 cm³/mol. The van der Waals surface area contributed by atoms with E-state index in [1.54, 1.807) is 6.08 Å². The predicted octanol–water partition coefficient (Wildman–Crippen LogP) is 1.58. The van der Waals surface area contributed by atoms with Crippen molar-refractivity contribution in [3.63, 3.8) is 0 Å². The molecule has 0 heterocycles. The fourth-order valence-corrected chi connectivity index (χ4v) is 2.81. The molecule has 0 unspecified atom stereocenters. The number of Topliss-reactive ketones (excluding diaryl/α,β-unsaturated/α-hetero) is 1. The first kappa shape index (κ1) is 10.4. The van der Waals surface area contributed by atoms with Crippen LogP contribution in [0.4, 0.5) is 0 Å². The van der Waals surface area contributed by atoms with Gasteiger partial charge in [0.25, 0.3) is 0 Å². The van der Waals surface area contributed by atoms with Crippen molar-refractivity contribution >= 4 is 5.78 Å². The molecule has 0 bridgehead atoms. The Labute approximate surface area is 89.4 Å². The molecule has 0 spiro atoms.